The predicted octanol–water partition coefficient (Wildman–Crippen LogP) is 3.49. The first-order chi connectivity index (χ1) is 11.3. The molecule has 1 aliphatic heterocycles. The summed E-state index contributed by atoms with van der Waals surface area (Å²) >= 11 is 0. The Morgan fingerprint density at radius 1 is 0.870 bits per heavy atom. The molecular weight excluding hydrogens is 288 g/mol. The van der Waals surface area contributed by atoms with Crippen LogP contribution < -0.4 is 0 Å². The van der Waals surface area contributed by atoms with Crippen molar-refractivity contribution in [3.8, 4) is 0 Å². The lowest BCUT2D eigenvalue weighted by atomic mass is 10.1. The number of hydrogen-bond donors (Lipinski definition) is 0. The molecule has 2 amide bonds. The molecular formula is C19H32N2O2. The van der Waals surface area contributed by atoms with Gasteiger partial charge in [-0.1, -0.05) is 38.5 Å². The van der Waals surface area contributed by atoms with Gasteiger partial charge in [-0.3, -0.25) is 9.59 Å². The monoisotopic (exact) mass is 320 g/mol. The summed E-state index contributed by atoms with van der Waals surface area (Å²) in [7, 11) is 0. The van der Waals surface area contributed by atoms with E-state index >= 15 is 0 Å². The van der Waals surface area contributed by atoms with Gasteiger partial charge < -0.3 is 9.80 Å². The van der Waals surface area contributed by atoms with Crippen LogP contribution in [0.4, 0.5) is 0 Å². The van der Waals surface area contributed by atoms with Crippen LogP contribution in [0.3, 0.4) is 0 Å². The minimum Gasteiger partial charge on any atom is -0.335 e. The lowest BCUT2D eigenvalue weighted by Gasteiger charge is -2.36. The second-order valence-corrected chi connectivity index (χ2v) is 7.66. The molecule has 2 saturated carbocycles. The number of amides is 2. The Labute approximate surface area is 140 Å². The average Bonchev–Trinajstić information content (AvgIpc) is 3.21. The van der Waals surface area contributed by atoms with Gasteiger partial charge in [0.25, 0.3) is 0 Å². The molecule has 3 fully saturated rings. The van der Waals surface area contributed by atoms with Crippen LogP contribution in [0, 0.1) is 0 Å². The quantitative estimate of drug-likeness (QED) is 0.795. The van der Waals surface area contributed by atoms with E-state index in [1.807, 2.05) is 4.90 Å². The van der Waals surface area contributed by atoms with E-state index in [0.29, 0.717) is 25.0 Å². The Morgan fingerprint density at radius 2 is 1.43 bits per heavy atom. The number of carbonyl (C=O) groups excluding carboxylic acids is 2. The molecule has 0 aromatic carbocycles. The molecule has 0 atom stereocenters. The summed E-state index contributed by atoms with van der Waals surface area (Å²) < 4.78 is 0. The lowest BCUT2D eigenvalue weighted by molar-refractivity contribution is -0.144. The lowest BCUT2D eigenvalue weighted by Crippen LogP contribution is -2.50. The van der Waals surface area contributed by atoms with E-state index in [4.69, 9.17) is 0 Å². The molecule has 0 spiro atoms. The maximum atomic E-state index is 13.1. The van der Waals surface area contributed by atoms with Crippen molar-refractivity contribution in [1.82, 2.24) is 9.80 Å². The summed E-state index contributed by atoms with van der Waals surface area (Å²) in [6.45, 7) is 1.10. The molecule has 130 valence electrons. The Morgan fingerprint density at radius 3 is 2.04 bits per heavy atom. The van der Waals surface area contributed by atoms with Gasteiger partial charge in [-0.15, -0.1) is 0 Å². The number of carbonyl (C=O) groups is 2. The van der Waals surface area contributed by atoms with Crippen molar-refractivity contribution in [1.29, 1.82) is 0 Å². The van der Waals surface area contributed by atoms with Crippen LogP contribution >= 0.6 is 0 Å². The summed E-state index contributed by atoms with van der Waals surface area (Å²) in [5.74, 6) is 0.411. The molecule has 0 radical (unpaired) electrons. The van der Waals surface area contributed by atoms with E-state index in [9.17, 15) is 9.59 Å². The summed E-state index contributed by atoms with van der Waals surface area (Å²) in [4.78, 5) is 29.4. The molecule has 1 heterocycles. The number of likely N-dealkylation sites (tertiary alicyclic amines) is 1. The topological polar surface area (TPSA) is 40.6 Å². The fraction of sp³-hybridized carbons (Fsp3) is 0.895. The zero-order valence-corrected chi connectivity index (χ0v) is 14.5. The summed E-state index contributed by atoms with van der Waals surface area (Å²) in [5, 5.41) is 0. The van der Waals surface area contributed by atoms with Crippen molar-refractivity contribution in [3.63, 3.8) is 0 Å². The fourth-order valence-corrected chi connectivity index (χ4v) is 4.70. The molecule has 0 unspecified atom stereocenters. The Bertz CT molecular complexity index is 396. The third-order valence-corrected chi connectivity index (χ3v) is 5.97. The Hall–Kier alpha value is -1.06. The van der Waals surface area contributed by atoms with Crippen LogP contribution in [-0.2, 0) is 9.59 Å². The van der Waals surface area contributed by atoms with Crippen LogP contribution in [0.2, 0.25) is 0 Å². The van der Waals surface area contributed by atoms with Gasteiger partial charge in [0, 0.05) is 25.0 Å². The summed E-state index contributed by atoms with van der Waals surface area (Å²) in [6.07, 6.45) is 14.7. The molecule has 0 aromatic rings. The second-order valence-electron chi connectivity index (χ2n) is 7.66. The van der Waals surface area contributed by atoms with Crippen LogP contribution in [0.1, 0.15) is 83.5 Å². The van der Waals surface area contributed by atoms with E-state index < -0.39 is 0 Å². The molecule has 4 heteroatoms. The van der Waals surface area contributed by atoms with Gasteiger partial charge >= 0.3 is 0 Å². The van der Waals surface area contributed by atoms with E-state index in [1.54, 1.807) is 0 Å². The van der Waals surface area contributed by atoms with Gasteiger partial charge in [-0.05, 0) is 38.5 Å². The third-order valence-electron chi connectivity index (χ3n) is 5.97. The van der Waals surface area contributed by atoms with Crippen molar-refractivity contribution in [3.05, 3.63) is 0 Å². The molecule has 0 N–H and O–H groups in total. The van der Waals surface area contributed by atoms with E-state index in [0.717, 1.165) is 51.5 Å². The Balaban J connectivity index is 1.65. The van der Waals surface area contributed by atoms with Gasteiger partial charge in [0.1, 0.15) is 0 Å². The first kappa shape index (κ1) is 16.8. The van der Waals surface area contributed by atoms with Crippen LogP contribution in [0.5, 0.6) is 0 Å². The third kappa shape index (κ3) is 4.27. The first-order valence-corrected chi connectivity index (χ1v) is 9.84. The van der Waals surface area contributed by atoms with E-state index in [2.05, 4.69) is 4.90 Å². The minimum absolute atomic E-state index is 0.191. The zero-order chi connectivity index (χ0) is 16.1. The van der Waals surface area contributed by atoms with Crippen molar-refractivity contribution < 1.29 is 9.59 Å². The largest absolute Gasteiger partial charge is 0.335 e. The second kappa shape index (κ2) is 8.16. The molecule has 23 heavy (non-hydrogen) atoms. The van der Waals surface area contributed by atoms with Gasteiger partial charge in [-0.2, -0.15) is 0 Å². The number of hydrogen-bond acceptors (Lipinski definition) is 2. The van der Waals surface area contributed by atoms with Gasteiger partial charge in [0.2, 0.25) is 11.8 Å². The number of rotatable bonds is 4. The minimum atomic E-state index is 0.191. The predicted molar refractivity (Wildman–Crippen MR) is 91.0 cm³/mol. The Kier molecular flexibility index (Phi) is 5.96. The van der Waals surface area contributed by atoms with Crippen LogP contribution in [-0.4, -0.2) is 46.8 Å². The summed E-state index contributed by atoms with van der Waals surface area (Å²) in [5.41, 5.74) is 0. The molecule has 0 bridgehead atoms. The smallest absolute Gasteiger partial charge is 0.242 e. The van der Waals surface area contributed by atoms with Gasteiger partial charge in [-0.25, -0.2) is 0 Å². The normalized spacial score (nSPS) is 24.7. The van der Waals surface area contributed by atoms with Crippen molar-refractivity contribution >= 4 is 11.8 Å². The first-order valence-electron chi connectivity index (χ1n) is 9.84. The van der Waals surface area contributed by atoms with Crippen molar-refractivity contribution in [2.75, 3.05) is 13.1 Å². The maximum Gasteiger partial charge on any atom is 0.242 e. The summed E-state index contributed by atoms with van der Waals surface area (Å²) in [6, 6.07) is 0.880. The molecule has 3 aliphatic rings. The molecule has 0 aromatic heterocycles. The standard InChI is InChI=1S/C19H32N2O2/c22-18-13-3-1-2-8-14-20(18)15-19(23)21(16-9-4-5-10-16)17-11-6-7-12-17/h16-17H,1-15H2. The highest BCUT2D eigenvalue weighted by molar-refractivity contribution is 5.85. The SMILES string of the molecule is O=C1CCCCCCN1CC(=O)N(C1CCCC1)C1CCCC1. The van der Waals surface area contributed by atoms with Crippen LogP contribution in [0.25, 0.3) is 0 Å². The highest BCUT2D eigenvalue weighted by Gasteiger charge is 2.35. The van der Waals surface area contributed by atoms with Crippen molar-refractivity contribution in [2.24, 2.45) is 0 Å². The van der Waals surface area contributed by atoms with Gasteiger partial charge in [0.05, 0.1) is 6.54 Å². The maximum absolute atomic E-state index is 13.1. The average molecular weight is 320 g/mol. The van der Waals surface area contributed by atoms with E-state index in [1.165, 1.54) is 32.1 Å². The molecule has 1 saturated heterocycles. The molecule has 2 aliphatic carbocycles. The number of nitrogens with zero attached hydrogens (tertiary/aromatic N) is 2. The van der Waals surface area contributed by atoms with Gasteiger partial charge in [0.15, 0.2) is 0 Å². The van der Waals surface area contributed by atoms with Crippen molar-refractivity contribution in [2.45, 2.75) is 95.6 Å². The highest BCUT2D eigenvalue weighted by Crippen LogP contribution is 2.31. The van der Waals surface area contributed by atoms with Crippen LogP contribution in [0.15, 0.2) is 0 Å². The molecule has 3 rings (SSSR count). The van der Waals surface area contributed by atoms with E-state index in [-0.39, 0.29) is 11.8 Å². The molecule has 4 nitrogen and oxygen atoms in total. The fourth-order valence-electron chi connectivity index (χ4n) is 4.70. The zero-order valence-electron chi connectivity index (χ0n) is 14.5. The highest BCUT2D eigenvalue weighted by atomic mass is 16.2.